The summed E-state index contributed by atoms with van der Waals surface area (Å²) in [6.45, 7) is 0.110. The summed E-state index contributed by atoms with van der Waals surface area (Å²) < 4.78 is 13.9. The number of halogens is 2. The van der Waals surface area contributed by atoms with Crippen LogP contribution in [0.3, 0.4) is 0 Å². The Morgan fingerprint density at radius 3 is 2.60 bits per heavy atom. The van der Waals surface area contributed by atoms with Crippen molar-refractivity contribution in [3.8, 4) is 0 Å². The smallest absolute Gasteiger partial charge is 0.298 e. The lowest BCUT2D eigenvalue weighted by Gasteiger charge is -2.17. The Morgan fingerprint density at radius 1 is 1.10 bits per heavy atom. The molecule has 2 aromatic rings. The standard InChI is InChI=1S/C15H9ClFNO2/c16-10-4-1-3-9(7-10)8-18-13-11(14(19)15(18)20)5-2-6-12(13)17/h1-7H,8H2. The fourth-order valence-electron chi connectivity index (χ4n) is 2.28. The Labute approximate surface area is 119 Å². The number of hydrogen-bond donors (Lipinski definition) is 0. The maximum atomic E-state index is 13.9. The third kappa shape index (κ3) is 1.98. The molecule has 1 amide bonds. The van der Waals surface area contributed by atoms with E-state index in [1.165, 1.54) is 18.2 Å². The van der Waals surface area contributed by atoms with Gasteiger partial charge >= 0.3 is 0 Å². The van der Waals surface area contributed by atoms with Gasteiger partial charge in [0.2, 0.25) is 0 Å². The number of hydrogen-bond acceptors (Lipinski definition) is 2. The maximum absolute atomic E-state index is 13.9. The molecule has 0 bridgehead atoms. The van der Waals surface area contributed by atoms with E-state index in [4.69, 9.17) is 11.6 Å². The van der Waals surface area contributed by atoms with Crippen molar-refractivity contribution < 1.29 is 14.0 Å². The zero-order valence-corrected chi connectivity index (χ0v) is 11.0. The highest BCUT2D eigenvalue weighted by Gasteiger charge is 2.37. The van der Waals surface area contributed by atoms with Crippen molar-refractivity contribution in [1.82, 2.24) is 0 Å². The van der Waals surface area contributed by atoms with Crippen LogP contribution in [-0.2, 0) is 11.3 Å². The van der Waals surface area contributed by atoms with Crippen LogP contribution in [0.4, 0.5) is 10.1 Å². The van der Waals surface area contributed by atoms with Crippen LogP contribution in [-0.4, -0.2) is 11.7 Å². The molecule has 0 unspecified atom stereocenters. The molecule has 20 heavy (non-hydrogen) atoms. The zero-order chi connectivity index (χ0) is 14.3. The first-order valence-corrected chi connectivity index (χ1v) is 6.35. The molecule has 1 heterocycles. The molecule has 0 radical (unpaired) electrons. The van der Waals surface area contributed by atoms with Crippen LogP contribution in [0.25, 0.3) is 0 Å². The molecule has 0 N–H and O–H groups in total. The molecule has 0 aliphatic carbocycles. The van der Waals surface area contributed by atoms with E-state index >= 15 is 0 Å². The van der Waals surface area contributed by atoms with Crippen molar-refractivity contribution in [1.29, 1.82) is 0 Å². The molecule has 0 saturated carbocycles. The van der Waals surface area contributed by atoms with Gasteiger partial charge in [0.25, 0.3) is 11.7 Å². The molecule has 2 aromatic carbocycles. The highest BCUT2D eigenvalue weighted by molar-refractivity contribution is 6.52. The van der Waals surface area contributed by atoms with E-state index in [9.17, 15) is 14.0 Å². The fourth-order valence-corrected chi connectivity index (χ4v) is 2.49. The minimum absolute atomic E-state index is 0.0440. The van der Waals surface area contributed by atoms with Gasteiger partial charge in [0.05, 0.1) is 17.8 Å². The topological polar surface area (TPSA) is 37.4 Å². The lowest BCUT2D eigenvalue weighted by molar-refractivity contribution is -0.114. The highest BCUT2D eigenvalue weighted by atomic mass is 35.5. The third-order valence-electron chi connectivity index (χ3n) is 3.17. The number of ketones is 1. The third-order valence-corrected chi connectivity index (χ3v) is 3.41. The fraction of sp³-hybridized carbons (Fsp3) is 0.0667. The molecule has 0 spiro atoms. The van der Waals surface area contributed by atoms with Gasteiger partial charge in [-0.15, -0.1) is 0 Å². The second-order valence-corrected chi connectivity index (χ2v) is 4.92. The highest BCUT2D eigenvalue weighted by Crippen LogP contribution is 2.32. The van der Waals surface area contributed by atoms with Gasteiger partial charge in [0, 0.05) is 5.02 Å². The zero-order valence-electron chi connectivity index (χ0n) is 10.3. The van der Waals surface area contributed by atoms with E-state index < -0.39 is 17.5 Å². The summed E-state index contributed by atoms with van der Waals surface area (Å²) >= 11 is 5.88. The largest absolute Gasteiger partial charge is 0.299 e. The maximum Gasteiger partial charge on any atom is 0.299 e. The molecular weight excluding hydrogens is 281 g/mol. The Kier molecular flexibility index (Phi) is 3.03. The number of nitrogens with zero attached hydrogens (tertiary/aromatic N) is 1. The van der Waals surface area contributed by atoms with E-state index in [0.29, 0.717) is 5.02 Å². The molecule has 5 heteroatoms. The Balaban J connectivity index is 2.03. The summed E-state index contributed by atoms with van der Waals surface area (Å²) in [6, 6.07) is 11.0. The molecule has 3 rings (SSSR count). The van der Waals surface area contributed by atoms with Crippen LogP contribution in [0.5, 0.6) is 0 Å². The first kappa shape index (κ1) is 12.8. The Bertz CT molecular complexity index is 730. The van der Waals surface area contributed by atoms with Crippen LogP contribution < -0.4 is 4.90 Å². The Morgan fingerprint density at radius 2 is 1.85 bits per heavy atom. The van der Waals surface area contributed by atoms with E-state index in [2.05, 4.69) is 0 Å². The number of amides is 1. The van der Waals surface area contributed by atoms with Gasteiger partial charge in [-0.05, 0) is 29.8 Å². The minimum atomic E-state index is -0.718. The second-order valence-electron chi connectivity index (χ2n) is 4.49. The molecule has 100 valence electrons. The van der Waals surface area contributed by atoms with Crippen molar-refractivity contribution in [3.05, 3.63) is 64.4 Å². The lowest BCUT2D eigenvalue weighted by Crippen LogP contribution is -2.29. The number of carbonyl (C=O) groups excluding carboxylic acids is 2. The van der Waals surface area contributed by atoms with Gasteiger partial charge in [0.15, 0.2) is 0 Å². The molecule has 3 nitrogen and oxygen atoms in total. The van der Waals surface area contributed by atoms with Crippen molar-refractivity contribution in [2.45, 2.75) is 6.54 Å². The molecular formula is C15H9ClFNO2. The van der Waals surface area contributed by atoms with E-state index in [0.717, 1.165) is 10.5 Å². The number of fused-ring (bicyclic) bond motifs is 1. The van der Waals surface area contributed by atoms with Gasteiger partial charge in [-0.3, -0.25) is 14.5 Å². The van der Waals surface area contributed by atoms with Crippen LogP contribution in [0.2, 0.25) is 5.02 Å². The van der Waals surface area contributed by atoms with Crippen LogP contribution in [0.15, 0.2) is 42.5 Å². The average Bonchev–Trinajstić information content (AvgIpc) is 2.66. The van der Waals surface area contributed by atoms with E-state index in [-0.39, 0.29) is 17.8 Å². The number of anilines is 1. The predicted octanol–water partition coefficient (Wildman–Crippen LogP) is 3.21. The predicted molar refractivity (Wildman–Crippen MR) is 73.4 cm³/mol. The quantitative estimate of drug-likeness (QED) is 0.796. The summed E-state index contributed by atoms with van der Waals surface area (Å²) in [5, 5.41) is 0.522. The van der Waals surface area contributed by atoms with Gasteiger partial charge < -0.3 is 0 Å². The number of carbonyl (C=O) groups is 2. The molecule has 0 atom stereocenters. The van der Waals surface area contributed by atoms with Crippen molar-refractivity contribution in [3.63, 3.8) is 0 Å². The second kappa shape index (κ2) is 4.72. The van der Waals surface area contributed by atoms with Gasteiger partial charge in [-0.1, -0.05) is 29.8 Å². The first-order chi connectivity index (χ1) is 9.58. The normalized spacial score (nSPS) is 13.8. The summed E-state index contributed by atoms with van der Waals surface area (Å²) in [5.74, 6) is -1.98. The van der Waals surface area contributed by atoms with Gasteiger partial charge in [-0.2, -0.15) is 0 Å². The van der Waals surface area contributed by atoms with Gasteiger partial charge in [-0.25, -0.2) is 4.39 Å². The van der Waals surface area contributed by atoms with E-state index in [1.54, 1.807) is 24.3 Å². The first-order valence-electron chi connectivity index (χ1n) is 5.97. The monoisotopic (exact) mass is 289 g/mol. The van der Waals surface area contributed by atoms with E-state index in [1.807, 2.05) is 0 Å². The lowest BCUT2D eigenvalue weighted by atomic mass is 10.1. The average molecular weight is 290 g/mol. The number of para-hydroxylation sites is 1. The van der Waals surface area contributed by atoms with Crippen LogP contribution in [0.1, 0.15) is 15.9 Å². The Hall–Kier alpha value is -2.20. The SMILES string of the molecule is O=C1C(=O)N(Cc2cccc(Cl)c2)c2c(F)cccc21. The molecule has 0 saturated heterocycles. The number of rotatable bonds is 2. The molecule has 1 aliphatic rings. The number of benzene rings is 2. The number of Topliss-reactive ketones (excluding diaryl/α,β-unsaturated/α-hetero) is 1. The van der Waals surface area contributed by atoms with Gasteiger partial charge in [0.1, 0.15) is 5.82 Å². The summed E-state index contributed by atoms with van der Waals surface area (Å²) in [5.41, 5.74) is 0.884. The molecule has 1 aliphatic heterocycles. The van der Waals surface area contributed by atoms with Crippen molar-refractivity contribution in [2.75, 3.05) is 4.90 Å². The minimum Gasteiger partial charge on any atom is -0.298 e. The summed E-state index contributed by atoms with van der Waals surface area (Å²) in [6.07, 6.45) is 0. The van der Waals surface area contributed by atoms with Crippen molar-refractivity contribution >= 4 is 29.0 Å². The van der Waals surface area contributed by atoms with Crippen molar-refractivity contribution in [2.24, 2.45) is 0 Å². The molecule has 0 fully saturated rings. The summed E-state index contributed by atoms with van der Waals surface area (Å²) in [4.78, 5) is 25.0. The molecule has 0 aromatic heterocycles. The van der Waals surface area contributed by atoms with Crippen LogP contribution >= 0.6 is 11.6 Å². The summed E-state index contributed by atoms with van der Waals surface area (Å²) in [7, 11) is 0. The van der Waals surface area contributed by atoms with Crippen LogP contribution in [0, 0.1) is 5.82 Å².